The van der Waals surface area contributed by atoms with Gasteiger partial charge in [0.15, 0.2) is 5.76 Å². The summed E-state index contributed by atoms with van der Waals surface area (Å²) in [5.74, 6) is 0.147. The van der Waals surface area contributed by atoms with Crippen LogP contribution in [0.25, 0.3) is 0 Å². The van der Waals surface area contributed by atoms with Crippen molar-refractivity contribution in [2.24, 2.45) is 5.73 Å². The van der Waals surface area contributed by atoms with Crippen molar-refractivity contribution >= 4 is 11.8 Å². The Balaban J connectivity index is 1.74. The number of amides is 2. The van der Waals surface area contributed by atoms with Gasteiger partial charge in [-0.25, -0.2) is 0 Å². The molecule has 2 saturated heterocycles. The molecule has 0 bridgehead atoms. The van der Waals surface area contributed by atoms with Crippen LogP contribution in [0.5, 0.6) is 0 Å². The molecule has 0 saturated carbocycles. The van der Waals surface area contributed by atoms with E-state index in [2.05, 4.69) is 0 Å². The highest BCUT2D eigenvalue weighted by Crippen LogP contribution is 2.23. The van der Waals surface area contributed by atoms with Crippen LogP contribution in [0.4, 0.5) is 0 Å². The molecule has 6 heteroatoms. The second-order valence-corrected chi connectivity index (χ2v) is 6.17. The highest BCUT2D eigenvalue weighted by molar-refractivity contribution is 5.95. The number of furan rings is 1. The summed E-state index contributed by atoms with van der Waals surface area (Å²) in [6, 6.07) is 3.01. The minimum Gasteiger partial charge on any atom is -0.459 e. The van der Waals surface area contributed by atoms with Crippen molar-refractivity contribution in [3.05, 3.63) is 24.2 Å². The minimum atomic E-state index is -0.378. The highest BCUT2D eigenvalue weighted by Gasteiger charge is 2.36. The summed E-state index contributed by atoms with van der Waals surface area (Å²) in [5.41, 5.74) is 5.97. The number of likely N-dealkylation sites (tertiary alicyclic amines) is 2. The first-order valence-corrected chi connectivity index (χ1v) is 8.05. The number of nitrogens with zero attached hydrogens (tertiary/aromatic N) is 2. The lowest BCUT2D eigenvalue weighted by atomic mass is 9.98. The first-order chi connectivity index (χ1) is 10.7. The van der Waals surface area contributed by atoms with E-state index in [-0.39, 0.29) is 23.9 Å². The third-order valence-electron chi connectivity index (χ3n) is 4.55. The molecular formula is C16H23N3O3. The van der Waals surface area contributed by atoms with Crippen LogP contribution in [-0.4, -0.2) is 53.3 Å². The maximum absolute atomic E-state index is 12.8. The molecule has 2 amide bonds. The fraction of sp³-hybridized carbons (Fsp3) is 0.625. The maximum Gasteiger partial charge on any atom is 0.290 e. The van der Waals surface area contributed by atoms with Crippen molar-refractivity contribution < 1.29 is 14.0 Å². The lowest BCUT2D eigenvalue weighted by molar-refractivity contribution is -0.138. The van der Waals surface area contributed by atoms with Crippen molar-refractivity contribution in [3.63, 3.8) is 0 Å². The van der Waals surface area contributed by atoms with E-state index in [4.69, 9.17) is 10.2 Å². The van der Waals surface area contributed by atoms with Crippen LogP contribution in [0.2, 0.25) is 0 Å². The molecule has 2 atom stereocenters. The molecule has 0 aromatic carbocycles. The van der Waals surface area contributed by atoms with E-state index in [9.17, 15) is 9.59 Å². The summed E-state index contributed by atoms with van der Waals surface area (Å²) in [7, 11) is 0. The van der Waals surface area contributed by atoms with E-state index in [1.807, 2.05) is 4.90 Å². The fourth-order valence-corrected chi connectivity index (χ4v) is 3.39. The Morgan fingerprint density at radius 2 is 2.05 bits per heavy atom. The quantitative estimate of drug-likeness (QED) is 0.891. The largest absolute Gasteiger partial charge is 0.459 e. The van der Waals surface area contributed by atoms with E-state index in [1.54, 1.807) is 17.0 Å². The maximum atomic E-state index is 12.8. The molecule has 0 radical (unpaired) electrons. The summed E-state index contributed by atoms with van der Waals surface area (Å²) in [6.45, 7) is 1.94. The molecule has 2 aliphatic heterocycles. The Labute approximate surface area is 130 Å². The van der Waals surface area contributed by atoms with Crippen molar-refractivity contribution in [3.8, 4) is 0 Å². The van der Waals surface area contributed by atoms with Gasteiger partial charge in [-0.05, 0) is 44.2 Å². The van der Waals surface area contributed by atoms with Gasteiger partial charge in [0.1, 0.15) is 6.04 Å². The van der Waals surface area contributed by atoms with Crippen molar-refractivity contribution in [1.29, 1.82) is 0 Å². The molecule has 1 aromatic heterocycles. The molecule has 3 rings (SSSR count). The van der Waals surface area contributed by atoms with E-state index < -0.39 is 0 Å². The zero-order valence-electron chi connectivity index (χ0n) is 12.7. The predicted octanol–water partition coefficient (Wildman–Crippen LogP) is 1.22. The zero-order valence-corrected chi connectivity index (χ0v) is 12.7. The lowest BCUT2D eigenvalue weighted by Gasteiger charge is -2.39. The van der Waals surface area contributed by atoms with E-state index in [1.165, 1.54) is 6.26 Å². The predicted molar refractivity (Wildman–Crippen MR) is 81.2 cm³/mol. The molecule has 120 valence electrons. The molecule has 2 fully saturated rings. The zero-order chi connectivity index (χ0) is 15.5. The van der Waals surface area contributed by atoms with Crippen LogP contribution in [0.15, 0.2) is 22.8 Å². The molecule has 3 heterocycles. The Morgan fingerprint density at radius 1 is 1.18 bits per heavy atom. The number of carbonyl (C=O) groups excluding carboxylic acids is 2. The standard InChI is InChI=1S/C16H23N3O3/c17-12-5-3-8-18(11-12)15(20)13-6-1-2-9-19(13)16(21)14-7-4-10-22-14/h4,7,10,12-13H,1-3,5-6,8-9,11,17H2. The molecule has 6 nitrogen and oxygen atoms in total. The molecule has 0 aliphatic carbocycles. The van der Waals surface area contributed by atoms with Gasteiger partial charge in [-0.3, -0.25) is 9.59 Å². The van der Waals surface area contributed by atoms with Crippen LogP contribution >= 0.6 is 0 Å². The second-order valence-electron chi connectivity index (χ2n) is 6.17. The number of piperidine rings is 2. The highest BCUT2D eigenvalue weighted by atomic mass is 16.3. The van der Waals surface area contributed by atoms with Gasteiger partial charge in [0.05, 0.1) is 6.26 Å². The van der Waals surface area contributed by atoms with Crippen molar-refractivity contribution in [2.45, 2.75) is 44.2 Å². The second kappa shape index (κ2) is 6.52. The third kappa shape index (κ3) is 3.02. The lowest BCUT2D eigenvalue weighted by Crippen LogP contribution is -2.56. The summed E-state index contributed by atoms with van der Waals surface area (Å²) in [6.07, 6.45) is 6.00. The normalized spacial score (nSPS) is 26.0. The fourth-order valence-electron chi connectivity index (χ4n) is 3.39. The number of hydrogen-bond donors (Lipinski definition) is 1. The molecule has 0 spiro atoms. The van der Waals surface area contributed by atoms with Gasteiger partial charge in [0.25, 0.3) is 5.91 Å². The number of hydrogen-bond acceptors (Lipinski definition) is 4. The third-order valence-corrected chi connectivity index (χ3v) is 4.55. The molecule has 2 aliphatic rings. The number of carbonyl (C=O) groups is 2. The molecule has 2 unspecified atom stereocenters. The van der Waals surface area contributed by atoms with Gasteiger partial charge in [-0.2, -0.15) is 0 Å². The number of rotatable bonds is 2. The van der Waals surface area contributed by atoms with Crippen molar-refractivity contribution in [2.75, 3.05) is 19.6 Å². The van der Waals surface area contributed by atoms with E-state index in [0.29, 0.717) is 18.8 Å². The number of nitrogens with two attached hydrogens (primary N) is 1. The molecular weight excluding hydrogens is 282 g/mol. The first kappa shape index (κ1) is 15.1. The Kier molecular flexibility index (Phi) is 4.47. The monoisotopic (exact) mass is 305 g/mol. The van der Waals surface area contributed by atoms with Crippen LogP contribution in [0, 0.1) is 0 Å². The topological polar surface area (TPSA) is 79.8 Å². The van der Waals surface area contributed by atoms with E-state index in [0.717, 1.165) is 38.6 Å². The van der Waals surface area contributed by atoms with Crippen LogP contribution in [0.3, 0.4) is 0 Å². The van der Waals surface area contributed by atoms with Gasteiger partial charge in [-0.1, -0.05) is 0 Å². The Hall–Kier alpha value is -1.82. The Bertz CT molecular complexity index is 529. The molecule has 22 heavy (non-hydrogen) atoms. The minimum absolute atomic E-state index is 0.0368. The molecule has 2 N–H and O–H groups in total. The van der Waals surface area contributed by atoms with Crippen LogP contribution in [-0.2, 0) is 4.79 Å². The smallest absolute Gasteiger partial charge is 0.290 e. The van der Waals surface area contributed by atoms with Crippen LogP contribution < -0.4 is 5.73 Å². The van der Waals surface area contributed by atoms with Gasteiger partial charge < -0.3 is 20.0 Å². The first-order valence-electron chi connectivity index (χ1n) is 8.05. The summed E-state index contributed by atoms with van der Waals surface area (Å²) in [5, 5.41) is 0. The van der Waals surface area contributed by atoms with Gasteiger partial charge >= 0.3 is 0 Å². The van der Waals surface area contributed by atoms with Gasteiger partial charge in [-0.15, -0.1) is 0 Å². The summed E-state index contributed by atoms with van der Waals surface area (Å²) in [4.78, 5) is 28.9. The van der Waals surface area contributed by atoms with Crippen LogP contribution in [0.1, 0.15) is 42.7 Å². The summed E-state index contributed by atoms with van der Waals surface area (Å²) < 4.78 is 5.20. The SMILES string of the molecule is NC1CCCN(C(=O)C2CCCCN2C(=O)c2ccco2)C1. The Morgan fingerprint density at radius 3 is 2.77 bits per heavy atom. The van der Waals surface area contributed by atoms with Crippen molar-refractivity contribution in [1.82, 2.24) is 9.80 Å². The average Bonchev–Trinajstić information content (AvgIpc) is 3.08. The van der Waals surface area contributed by atoms with Gasteiger partial charge in [0.2, 0.25) is 5.91 Å². The average molecular weight is 305 g/mol. The van der Waals surface area contributed by atoms with E-state index >= 15 is 0 Å². The summed E-state index contributed by atoms with van der Waals surface area (Å²) >= 11 is 0. The molecule has 1 aromatic rings. The van der Waals surface area contributed by atoms with Gasteiger partial charge in [0, 0.05) is 25.7 Å².